The van der Waals surface area contributed by atoms with Gasteiger partial charge in [0.15, 0.2) is 0 Å². The Morgan fingerprint density at radius 1 is 0.420 bits per heavy atom. The zero-order valence-corrected chi connectivity index (χ0v) is 27.6. The molecule has 8 aromatic carbocycles. The van der Waals surface area contributed by atoms with Crippen molar-refractivity contribution in [3.63, 3.8) is 0 Å². The lowest BCUT2D eigenvalue weighted by molar-refractivity contribution is 0.669. The van der Waals surface area contributed by atoms with Crippen molar-refractivity contribution in [2.45, 2.75) is 0 Å². The molecule has 11 rings (SSSR count). The van der Waals surface area contributed by atoms with Crippen molar-refractivity contribution in [1.82, 2.24) is 0 Å². The molecule has 0 atom stereocenters. The van der Waals surface area contributed by atoms with E-state index in [1.807, 2.05) is 23.5 Å². The van der Waals surface area contributed by atoms with Gasteiger partial charge in [0.1, 0.15) is 22.3 Å². The summed E-state index contributed by atoms with van der Waals surface area (Å²) in [5, 5.41) is 9.28. The van der Waals surface area contributed by atoms with Crippen LogP contribution >= 0.6 is 11.3 Å². The molecule has 4 heteroatoms. The van der Waals surface area contributed by atoms with E-state index < -0.39 is 0 Å². The van der Waals surface area contributed by atoms with E-state index in [4.69, 9.17) is 8.83 Å². The van der Waals surface area contributed by atoms with Gasteiger partial charge in [-0.2, -0.15) is 0 Å². The SMILES string of the molecule is c1ccc2c(c1)ccc1c2oc2cccc(N(c3ccc(-c4cccc5sc6ccccc6c45)cc3)c3ccc4oc5ccccc5c4c3)c21. The minimum Gasteiger partial charge on any atom is -0.456 e. The Labute approximate surface area is 290 Å². The second-order valence-electron chi connectivity index (χ2n) is 12.9. The van der Waals surface area contributed by atoms with E-state index in [2.05, 4.69) is 157 Å². The van der Waals surface area contributed by atoms with E-state index in [9.17, 15) is 0 Å². The molecule has 0 aliphatic carbocycles. The molecule has 0 bridgehead atoms. The molecule has 234 valence electrons. The van der Waals surface area contributed by atoms with Gasteiger partial charge in [-0.25, -0.2) is 0 Å². The van der Waals surface area contributed by atoms with Gasteiger partial charge in [0, 0.05) is 53.1 Å². The summed E-state index contributed by atoms with van der Waals surface area (Å²) in [5.41, 5.74) is 9.14. The highest BCUT2D eigenvalue weighted by Crippen LogP contribution is 2.46. The molecule has 0 amide bonds. The van der Waals surface area contributed by atoms with E-state index in [-0.39, 0.29) is 0 Å². The summed E-state index contributed by atoms with van der Waals surface area (Å²) in [5.74, 6) is 0. The molecule has 3 heterocycles. The predicted octanol–water partition coefficient (Wildman–Crippen LogP) is 14.1. The van der Waals surface area contributed by atoms with Crippen LogP contribution in [0.15, 0.2) is 173 Å². The maximum Gasteiger partial charge on any atom is 0.143 e. The van der Waals surface area contributed by atoms with Crippen molar-refractivity contribution in [3.8, 4) is 11.1 Å². The molecule has 3 nitrogen and oxygen atoms in total. The summed E-state index contributed by atoms with van der Waals surface area (Å²) < 4.78 is 15.5. The van der Waals surface area contributed by atoms with Crippen molar-refractivity contribution in [3.05, 3.63) is 164 Å². The first-order valence-corrected chi connectivity index (χ1v) is 17.7. The molecule has 50 heavy (non-hydrogen) atoms. The van der Waals surface area contributed by atoms with Gasteiger partial charge in [0.25, 0.3) is 0 Å². The van der Waals surface area contributed by atoms with Crippen LogP contribution in [0, 0.1) is 0 Å². The summed E-state index contributed by atoms with van der Waals surface area (Å²) in [6.45, 7) is 0. The van der Waals surface area contributed by atoms with Gasteiger partial charge < -0.3 is 13.7 Å². The monoisotopic (exact) mass is 657 g/mol. The highest BCUT2D eigenvalue weighted by atomic mass is 32.1. The summed E-state index contributed by atoms with van der Waals surface area (Å²) in [6.07, 6.45) is 0. The van der Waals surface area contributed by atoms with Crippen LogP contribution in [0.1, 0.15) is 0 Å². The molecule has 0 spiro atoms. The Morgan fingerprint density at radius 3 is 2.06 bits per heavy atom. The number of para-hydroxylation sites is 1. The Balaban J connectivity index is 1.15. The highest BCUT2D eigenvalue weighted by Gasteiger charge is 2.22. The van der Waals surface area contributed by atoms with Gasteiger partial charge in [0.05, 0.1) is 11.1 Å². The number of anilines is 3. The lowest BCUT2D eigenvalue weighted by Gasteiger charge is -2.26. The van der Waals surface area contributed by atoms with Crippen molar-refractivity contribution in [2.75, 3.05) is 4.90 Å². The van der Waals surface area contributed by atoms with Crippen LogP contribution in [0.25, 0.3) is 85.9 Å². The van der Waals surface area contributed by atoms with Crippen LogP contribution in [-0.2, 0) is 0 Å². The van der Waals surface area contributed by atoms with E-state index in [0.717, 1.165) is 66.3 Å². The highest BCUT2D eigenvalue weighted by molar-refractivity contribution is 7.25. The average molecular weight is 658 g/mol. The number of hydrogen-bond acceptors (Lipinski definition) is 4. The van der Waals surface area contributed by atoms with Crippen LogP contribution in [0.3, 0.4) is 0 Å². The molecule has 0 aliphatic rings. The Morgan fingerprint density at radius 2 is 1.14 bits per heavy atom. The van der Waals surface area contributed by atoms with Crippen molar-refractivity contribution in [2.24, 2.45) is 0 Å². The fraction of sp³-hybridized carbons (Fsp3) is 0. The van der Waals surface area contributed by atoms with Gasteiger partial charge in [-0.3, -0.25) is 0 Å². The summed E-state index contributed by atoms with van der Waals surface area (Å²) in [7, 11) is 0. The normalized spacial score (nSPS) is 12.0. The molecular weight excluding hydrogens is 631 g/mol. The lowest BCUT2D eigenvalue weighted by Crippen LogP contribution is -2.10. The number of benzene rings is 8. The van der Waals surface area contributed by atoms with Crippen molar-refractivity contribution < 1.29 is 8.83 Å². The fourth-order valence-electron chi connectivity index (χ4n) is 7.81. The number of hydrogen-bond donors (Lipinski definition) is 0. The second-order valence-corrected chi connectivity index (χ2v) is 13.9. The smallest absolute Gasteiger partial charge is 0.143 e. The Hall–Kier alpha value is -6.36. The second kappa shape index (κ2) is 10.6. The van der Waals surface area contributed by atoms with E-state index in [0.29, 0.717) is 0 Å². The third-order valence-corrected chi connectivity index (χ3v) is 11.2. The van der Waals surface area contributed by atoms with E-state index in [1.165, 1.54) is 36.7 Å². The van der Waals surface area contributed by atoms with Crippen LogP contribution in [-0.4, -0.2) is 0 Å². The van der Waals surface area contributed by atoms with Crippen molar-refractivity contribution >= 4 is 103 Å². The summed E-state index contributed by atoms with van der Waals surface area (Å²) >= 11 is 1.85. The molecule has 0 unspecified atom stereocenters. The van der Waals surface area contributed by atoms with E-state index >= 15 is 0 Å². The zero-order chi connectivity index (χ0) is 32.8. The van der Waals surface area contributed by atoms with Crippen LogP contribution in [0.2, 0.25) is 0 Å². The number of rotatable bonds is 4. The lowest BCUT2D eigenvalue weighted by atomic mass is 9.99. The standard InChI is InChI=1S/C46H27NO2S/c1-2-10-33-28(9-1)21-25-36-45-38(14-8-16-41(45)49-46(33)36)47(31-24-26-40-37(27-31)34-11-3-5-15-39(34)48-40)30-22-19-29(20-23-30)32-13-7-18-43-44(32)35-12-4-6-17-42(35)50-43/h1-27H. The maximum atomic E-state index is 6.65. The van der Waals surface area contributed by atoms with Crippen LogP contribution in [0.5, 0.6) is 0 Å². The minimum absolute atomic E-state index is 0.862. The zero-order valence-electron chi connectivity index (χ0n) is 26.8. The molecule has 0 N–H and O–H groups in total. The third kappa shape index (κ3) is 4.03. The van der Waals surface area contributed by atoms with Gasteiger partial charge in [-0.15, -0.1) is 11.3 Å². The topological polar surface area (TPSA) is 29.5 Å². The number of furan rings is 2. The largest absolute Gasteiger partial charge is 0.456 e. The molecule has 0 saturated carbocycles. The molecule has 3 aromatic heterocycles. The molecule has 0 radical (unpaired) electrons. The van der Waals surface area contributed by atoms with E-state index in [1.54, 1.807) is 0 Å². The van der Waals surface area contributed by atoms with Crippen LogP contribution < -0.4 is 4.90 Å². The van der Waals surface area contributed by atoms with Gasteiger partial charge in [-0.1, -0.05) is 97.1 Å². The van der Waals surface area contributed by atoms with Crippen LogP contribution in [0.4, 0.5) is 17.1 Å². The first-order valence-electron chi connectivity index (χ1n) is 16.8. The van der Waals surface area contributed by atoms with Gasteiger partial charge in [-0.05, 0) is 83.2 Å². The maximum absolute atomic E-state index is 6.65. The first kappa shape index (κ1) is 27.6. The molecule has 0 saturated heterocycles. The molecular formula is C46H27NO2S. The molecule has 0 aliphatic heterocycles. The summed E-state index contributed by atoms with van der Waals surface area (Å²) in [4.78, 5) is 2.36. The number of nitrogens with zero attached hydrogens (tertiary/aromatic N) is 1. The quantitative estimate of drug-likeness (QED) is 0.189. The van der Waals surface area contributed by atoms with Gasteiger partial charge >= 0.3 is 0 Å². The van der Waals surface area contributed by atoms with Gasteiger partial charge in [0.2, 0.25) is 0 Å². The Kier molecular flexibility index (Phi) is 5.83. The first-order chi connectivity index (χ1) is 24.8. The minimum atomic E-state index is 0.862. The Bertz CT molecular complexity index is 3110. The summed E-state index contributed by atoms with van der Waals surface area (Å²) in [6, 6.07) is 58.3. The fourth-order valence-corrected chi connectivity index (χ4v) is 8.94. The third-order valence-electron chi connectivity index (χ3n) is 10.1. The average Bonchev–Trinajstić information content (AvgIpc) is 3.87. The number of fused-ring (bicyclic) bond motifs is 11. The number of thiophene rings is 1. The molecule has 0 fully saturated rings. The predicted molar refractivity (Wildman–Crippen MR) is 212 cm³/mol. The van der Waals surface area contributed by atoms with Crippen molar-refractivity contribution in [1.29, 1.82) is 0 Å². The molecule has 11 aromatic rings.